The van der Waals surface area contributed by atoms with Gasteiger partial charge < -0.3 is 28.3 Å². The maximum atomic E-state index is 10.8. The maximum Gasteiger partial charge on any atom is 0.198 e. The van der Waals surface area contributed by atoms with Gasteiger partial charge in [0.05, 0.1) is 30.6 Å². The predicted octanol–water partition coefficient (Wildman–Crippen LogP) is 5.92. The van der Waals surface area contributed by atoms with E-state index in [0.29, 0.717) is 24.8 Å². The third-order valence-electron chi connectivity index (χ3n) is 7.04. The molecule has 1 N–H and O–H groups in total. The molecule has 1 fully saturated rings. The fourth-order valence-corrected chi connectivity index (χ4v) is 5.60. The number of hydrogen-bond acceptors (Lipinski definition) is 9. The van der Waals surface area contributed by atoms with Crippen molar-refractivity contribution in [2.75, 3.05) is 31.4 Å². The normalized spacial score (nSPS) is 16.9. The lowest BCUT2D eigenvalue weighted by molar-refractivity contribution is 0.107. The minimum absolute atomic E-state index is 0.0355. The smallest absolute Gasteiger partial charge is 0.198 e. The number of thiazole rings is 1. The monoisotopic (exact) mass is 533 g/mol. The van der Waals surface area contributed by atoms with Gasteiger partial charge >= 0.3 is 0 Å². The van der Waals surface area contributed by atoms with E-state index in [2.05, 4.69) is 55.7 Å². The Morgan fingerprint density at radius 1 is 1.28 bits per heavy atom. The number of aliphatic hydroxyl groups is 1. The maximum absolute atomic E-state index is 10.8. The number of hydrogen-bond donors (Lipinski definition) is 1. The Labute approximate surface area is 218 Å². The van der Waals surface area contributed by atoms with Crippen molar-refractivity contribution in [3.8, 4) is 5.75 Å². The first-order valence-corrected chi connectivity index (χ1v) is 16.4. The third-order valence-corrected chi connectivity index (χ3v) is 12.7. The molecule has 1 aromatic carbocycles. The summed E-state index contributed by atoms with van der Waals surface area (Å²) >= 11 is 1.48. The van der Waals surface area contributed by atoms with Crippen LogP contribution in [0.3, 0.4) is 0 Å². The van der Waals surface area contributed by atoms with Crippen molar-refractivity contribution in [1.29, 1.82) is 0 Å². The summed E-state index contributed by atoms with van der Waals surface area (Å²) in [7, 11) is -1.84. The summed E-state index contributed by atoms with van der Waals surface area (Å²) in [5.41, 5.74) is 1.39. The van der Waals surface area contributed by atoms with Crippen molar-refractivity contribution in [1.82, 2.24) is 9.97 Å². The van der Waals surface area contributed by atoms with Crippen LogP contribution < -0.4 is 9.64 Å². The first kappa shape index (κ1) is 27.1. The van der Waals surface area contributed by atoms with Gasteiger partial charge in [0, 0.05) is 18.8 Å². The van der Waals surface area contributed by atoms with Gasteiger partial charge in [-0.2, -0.15) is 0 Å². The molecule has 3 heterocycles. The van der Waals surface area contributed by atoms with E-state index in [1.165, 1.54) is 11.3 Å². The van der Waals surface area contributed by atoms with Gasteiger partial charge in [-0.1, -0.05) is 39.0 Å². The van der Waals surface area contributed by atoms with E-state index in [9.17, 15) is 5.11 Å². The van der Waals surface area contributed by atoms with E-state index in [1.807, 2.05) is 18.2 Å². The molecule has 0 radical (unpaired) electrons. The van der Waals surface area contributed by atoms with E-state index in [4.69, 9.17) is 18.3 Å². The van der Waals surface area contributed by atoms with E-state index in [1.54, 1.807) is 6.20 Å². The Morgan fingerprint density at radius 2 is 2.08 bits per heavy atom. The SMILES string of the molecule is CCC(CO[Si](C)(C)C(C)(C)C)Oc1ccc2nc(CC(O)c3cnc(N4CCCOC4)s3)oc2c1. The number of ether oxygens (including phenoxy) is 2. The second-order valence-electron chi connectivity index (χ2n) is 10.9. The van der Waals surface area contributed by atoms with Crippen LogP contribution in [0.4, 0.5) is 5.13 Å². The summed E-state index contributed by atoms with van der Waals surface area (Å²) in [4.78, 5) is 11.9. The van der Waals surface area contributed by atoms with Crippen LogP contribution in [-0.2, 0) is 15.6 Å². The highest BCUT2D eigenvalue weighted by atomic mass is 32.1. The van der Waals surface area contributed by atoms with Gasteiger partial charge in [-0.3, -0.25) is 0 Å². The average molecular weight is 534 g/mol. The highest BCUT2D eigenvalue weighted by Gasteiger charge is 2.37. The Kier molecular flexibility index (Phi) is 8.41. The second kappa shape index (κ2) is 11.2. The molecule has 1 saturated heterocycles. The first-order valence-electron chi connectivity index (χ1n) is 12.7. The topological polar surface area (TPSA) is 90.1 Å². The zero-order chi connectivity index (χ0) is 25.9. The van der Waals surface area contributed by atoms with Crippen molar-refractivity contribution >= 4 is 35.9 Å². The number of fused-ring (bicyclic) bond motifs is 1. The van der Waals surface area contributed by atoms with Gasteiger partial charge in [0.25, 0.3) is 0 Å². The Morgan fingerprint density at radius 3 is 2.78 bits per heavy atom. The summed E-state index contributed by atoms with van der Waals surface area (Å²) in [6, 6.07) is 5.68. The molecule has 36 heavy (non-hydrogen) atoms. The second-order valence-corrected chi connectivity index (χ2v) is 16.7. The molecule has 3 aromatic rings. The minimum Gasteiger partial charge on any atom is -0.488 e. The van der Waals surface area contributed by atoms with Gasteiger partial charge in [-0.15, -0.1) is 0 Å². The lowest BCUT2D eigenvalue weighted by Gasteiger charge is -2.37. The zero-order valence-corrected chi connectivity index (χ0v) is 24.1. The summed E-state index contributed by atoms with van der Waals surface area (Å²) < 4.78 is 24.1. The first-order chi connectivity index (χ1) is 17.1. The molecule has 1 aliphatic heterocycles. The number of oxazole rings is 1. The van der Waals surface area contributed by atoms with Crippen molar-refractivity contribution in [2.24, 2.45) is 0 Å². The van der Waals surface area contributed by atoms with Crippen LogP contribution in [0, 0.1) is 0 Å². The molecule has 0 aliphatic carbocycles. The molecule has 0 bridgehead atoms. The highest BCUT2D eigenvalue weighted by Crippen LogP contribution is 2.37. The molecule has 1 aliphatic rings. The molecule has 0 spiro atoms. The molecule has 8 nitrogen and oxygen atoms in total. The number of nitrogens with zero attached hydrogens (tertiary/aromatic N) is 3. The van der Waals surface area contributed by atoms with E-state index >= 15 is 0 Å². The van der Waals surface area contributed by atoms with Crippen LogP contribution in [0.15, 0.2) is 28.8 Å². The van der Waals surface area contributed by atoms with Crippen LogP contribution in [0.1, 0.15) is 57.4 Å². The number of benzene rings is 1. The van der Waals surface area contributed by atoms with Gasteiger partial charge in [-0.25, -0.2) is 9.97 Å². The number of rotatable bonds is 10. The fourth-order valence-electron chi connectivity index (χ4n) is 3.65. The summed E-state index contributed by atoms with van der Waals surface area (Å²) in [6.07, 6.45) is 3.07. The largest absolute Gasteiger partial charge is 0.488 e. The van der Waals surface area contributed by atoms with E-state index in [-0.39, 0.29) is 17.6 Å². The molecule has 2 unspecified atom stereocenters. The summed E-state index contributed by atoms with van der Waals surface area (Å²) in [5, 5.41) is 11.8. The molecule has 198 valence electrons. The standard InChI is InChI=1S/C26H39N3O5SSi/c1-7-18(16-32-36(5,6)26(2,3)4)33-19-9-10-20-22(13-19)34-24(28-20)14-21(30)23-15-27-25(35-23)29-11-8-12-31-17-29/h9-10,13,15,18,21,30H,7-8,11-12,14,16-17H2,1-6H3. The number of aliphatic hydroxyl groups excluding tert-OH is 1. The van der Waals surface area contributed by atoms with Gasteiger partial charge in [0.1, 0.15) is 24.1 Å². The van der Waals surface area contributed by atoms with Gasteiger partial charge in [0.15, 0.2) is 24.9 Å². The molecular weight excluding hydrogens is 494 g/mol. The zero-order valence-electron chi connectivity index (χ0n) is 22.2. The van der Waals surface area contributed by atoms with Crippen molar-refractivity contribution < 1.29 is 23.4 Å². The average Bonchev–Trinajstić information content (AvgIpc) is 3.48. The van der Waals surface area contributed by atoms with Crippen LogP contribution >= 0.6 is 11.3 Å². The van der Waals surface area contributed by atoms with Crippen LogP contribution in [-0.4, -0.2) is 56.0 Å². The van der Waals surface area contributed by atoms with E-state index in [0.717, 1.165) is 47.3 Å². The molecular formula is C26H39N3O5SSi. The molecule has 2 atom stereocenters. The molecule has 2 aromatic heterocycles. The van der Waals surface area contributed by atoms with Gasteiger partial charge in [-0.05, 0) is 43.1 Å². The Bertz CT molecular complexity index is 1140. The molecule has 4 rings (SSSR count). The van der Waals surface area contributed by atoms with Crippen LogP contribution in [0.5, 0.6) is 5.75 Å². The number of aromatic nitrogens is 2. The van der Waals surface area contributed by atoms with Crippen LogP contribution in [0.2, 0.25) is 18.1 Å². The molecule has 10 heteroatoms. The Balaban J connectivity index is 1.38. The predicted molar refractivity (Wildman–Crippen MR) is 145 cm³/mol. The third kappa shape index (κ3) is 6.47. The quantitative estimate of drug-likeness (QED) is 0.321. The number of anilines is 1. The summed E-state index contributed by atoms with van der Waals surface area (Å²) in [6.45, 7) is 16.2. The van der Waals surface area contributed by atoms with E-state index < -0.39 is 14.4 Å². The minimum atomic E-state index is -1.84. The van der Waals surface area contributed by atoms with Crippen LogP contribution in [0.25, 0.3) is 11.1 Å². The van der Waals surface area contributed by atoms with Gasteiger partial charge in [0.2, 0.25) is 0 Å². The van der Waals surface area contributed by atoms with Crippen molar-refractivity contribution in [3.05, 3.63) is 35.2 Å². The molecule has 0 amide bonds. The van der Waals surface area contributed by atoms with Crippen molar-refractivity contribution in [3.63, 3.8) is 0 Å². The lowest BCUT2D eigenvalue weighted by atomic mass is 10.2. The Hall–Kier alpha value is -1.98. The summed E-state index contributed by atoms with van der Waals surface area (Å²) in [5.74, 6) is 1.21. The van der Waals surface area contributed by atoms with Crippen molar-refractivity contribution in [2.45, 2.75) is 77.3 Å². The molecule has 0 saturated carbocycles. The fraction of sp³-hybridized carbons (Fsp3) is 0.615. The lowest BCUT2D eigenvalue weighted by Crippen LogP contribution is -2.43. The highest BCUT2D eigenvalue weighted by molar-refractivity contribution is 7.15.